The molecule has 164 valence electrons. The number of carbonyl (C=O) groups excluding carboxylic acids is 1. The Morgan fingerprint density at radius 1 is 0.750 bits per heavy atom. The quantitative estimate of drug-likeness (QED) is 0.279. The molecule has 0 aliphatic heterocycles. The van der Waals surface area contributed by atoms with Gasteiger partial charge in [-0.1, -0.05) is 66.7 Å². The molecule has 32 heavy (non-hydrogen) atoms. The van der Waals surface area contributed by atoms with E-state index in [1.54, 1.807) is 7.11 Å². The fourth-order valence-corrected chi connectivity index (χ4v) is 10.3. The van der Waals surface area contributed by atoms with E-state index >= 15 is 0 Å². The summed E-state index contributed by atoms with van der Waals surface area (Å²) >= 11 is 0. The molecule has 0 fully saturated rings. The van der Waals surface area contributed by atoms with Crippen LogP contribution in [0.2, 0.25) is 0 Å². The first-order chi connectivity index (χ1) is 15.8. The van der Waals surface area contributed by atoms with Crippen LogP contribution < -0.4 is 15.9 Å². The van der Waals surface area contributed by atoms with Crippen molar-refractivity contribution >= 4 is 29.1 Å². The van der Waals surface area contributed by atoms with Gasteiger partial charge < -0.3 is 4.74 Å². The third-order valence-electron chi connectivity index (χ3n) is 6.61. The number of allylic oxidation sites excluding steroid dienone is 2. The Hall–Kier alpha value is -2.70. The van der Waals surface area contributed by atoms with Crippen molar-refractivity contribution in [1.82, 2.24) is 0 Å². The maximum Gasteiger partial charge on any atom is 0.348 e. The monoisotopic (exact) mass is 443 g/mol. The molecular formula is C29H32O2P+. The zero-order valence-electron chi connectivity index (χ0n) is 18.8. The summed E-state index contributed by atoms with van der Waals surface area (Å²) in [6.45, 7) is 0. The lowest BCUT2D eigenvalue weighted by Crippen LogP contribution is -2.46. The van der Waals surface area contributed by atoms with Gasteiger partial charge in [0, 0.05) is 5.92 Å². The minimum Gasteiger partial charge on any atom is -0.466 e. The predicted octanol–water partition coefficient (Wildman–Crippen LogP) is 5.66. The van der Waals surface area contributed by atoms with Gasteiger partial charge in [0.05, 0.1) is 7.11 Å². The maximum atomic E-state index is 13.8. The number of hydrogen-bond acceptors (Lipinski definition) is 2. The number of carbonyl (C=O) groups is 1. The van der Waals surface area contributed by atoms with Crippen molar-refractivity contribution in [3.05, 3.63) is 103 Å². The number of methoxy groups -OCH3 is 1. The predicted molar refractivity (Wildman–Crippen MR) is 137 cm³/mol. The van der Waals surface area contributed by atoms with Gasteiger partial charge in [-0.2, -0.15) is 0 Å². The first-order valence-electron chi connectivity index (χ1n) is 11.6. The van der Waals surface area contributed by atoms with Crippen molar-refractivity contribution in [1.29, 1.82) is 0 Å². The Kier molecular flexibility index (Phi) is 7.55. The molecule has 0 spiro atoms. The molecule has 0 heterocycles. The van der Waals surface area contributed by atoms with Crippen LogP contribution in [0, 0.1) is 5.92 Å². The SMILES string of the molecule is COC(=O)C(C1CC/C=C\CCC1)[P+](c1ccccc1)(c1ccccc1)c1ccccc1. The second-order valence-electron chi connectivity index (χ2n) is 8.44. The van der Waals surface area contributed by atoms with Gasteiger partial charge in [-0.3, -0.25) is 0 Å². The molecule has 2 atom stereocenters. The molecule has 2 nitrogen and oxygen atoms in total. The van der Waals surface area contributed by atoms with Crippen LogP contribution >= 0.6 is 7.26 Å². The molecule has 0 saturated carbocycles. The van der Waals surface area contributed by atoms with Crippen LogP contribution in [-0.4, -0.2) is 18.7 Å². The van der Waals surface area contributed by atoms with Gasteiger partial charge in [-0.05, 0) is 68.5 Å². The van der Waals surface area contributed by atoms with Gasteiger partial charge in [0.2, 0.25) is 0 Å². The lowest BCUT2D eigenvalue weighted by Gasteiger charge is -2.37. The Balaban J connectivity index is 2.04. The molecule has 0 N–H and O–H groups in total. The normalized spacial score (nSPS) is 18.7. The highest BCUT2D eigenvalue weighted by atomic mass is 31.2. The van der Waals surface area contributed by atoms with Crippen molar-refractivity contribution in [3.8, 4) is 0 Å². The largest absolute Gasteiger partial charge is 0.466 e. The molecular weight excluding hydrogens is 411 g/mol. The summed E-state index contributed by atoms with van der Waals surface area (Å²) in [6.07, 6.45) is 9.82. The van der Waals surface area contributed by atoms with Crippen LogP contribution in [0.15, 0.2) is 103 Å². The third-order valence-corrected chi connectivity index (χ3v) is 11.4. The van der Waals surface area contributed by atoms with Crippen LogP contribution in [0.25, 0.3) is 0 Å². The van der Waals surface area contributed by atoms with Gasteiger partial charge in [0.25, 0.3) is 0 Å². The molecule has 0 saturated heterocycles. The van der Waals surface area contributed by atoms with E-state index in [1.807, 2.05) is 0 Å². The molecule has 0 radical (unpaired) electrons. The minimum absolute atomic E-state index is 0.0792. The van der Waals surface area contributed by atoms with Crippen LogP contribution in [0.3, 0.4) is 0 Å². The summed E-state index contributed by atoms with van der Waals surface area (Å²) in [5.41, 5.74) is -0.216. The minimum atomic E-state index is -2.34. The number of benzene rings is 3. The van der Waals surface area contributed by atoms with Crippen LogP contribution in [-0.2, 0) is 9.53 Å². The molecule has 3 heteroatoms. The Morgan fingerprint density at radius 3 is 1.69 bits per heavy atom. The second kappa shape index (κ2) is 10.7. The molecule has 1 aliphatic rings. The zero-order valence-corrected chi connectivity index (χ0v) is 19.7. The van der Waals surface area contributed by atoms with E-state index in [0.29, 0.717) is 0 Å². The first-order valence-corrected chi connectivity index (χ1v) is 13.4. The van der Waals surface area contributed by atoms with E-state index in [0.717, 1.165) is 32.1 Å². The van der Waals surface area contributed by atoms with Crippen LogP contribution in [0.1, 0.15) is 32.1 Å². The van der Waals surface area contributed by atoms with E-state index in [1.165, 1.54) is 15.9 Å². The highest BCUT2D eigenvalue weighted by Gasteiger charge is 2.58. The smallest absolute Gasteiger partial charge is 0.348 e. The number of esters is 1. The van der Waals surface area contributed by atoms with Crippen molar-refractivity contribution < 1.29 is 9.53 Å². The van der Waals surface area contributed by atoms with Crippen LogP contribution in [0.4, 0.5) is 0 Å². The van der Waals surface area contributed by atoms with E-state index in [4.69, 9.17) is 4.74 Å². The van der Waals surface area contributed by atoms with Crippen molar-refractivity contribution in [2.45, 2.75) is 37.8 Å². The summed E-state index contributed by atoms with van der Waals surface area (Å²) in [6, 6.07) is 32.1. The molecule has 1 aliphatic carbocycles. The highest BCUT2D eigenvalue weighted by molar-refractivity contribution is 7.96. The molecule has 3 aromatic rings. The first kappa shape index (κ1) is 22.5. The van der Waals surface area contributed by atoms with E-state index < -0.39 is 7.26 Å². The second-order valence-corrected chi connectivity index (χ2v) is 12.0. The average Bonchev–Trinajstić information content (AvgIpc) is 2.84. The molecule has 0 amide bonds. The van der Waals surface area contributed by atoms with E-state index in [2.05, 4.69) is 103 Å². The molecule has 2 unspecified atom stereocenters. The van der Waals surface area contributed by atoms with Gasteiger partial charge in [-0.25, -0.2) is 4.79 Å². The van der Waals surface area contributed by atoms with Gasteiger partial charge in [0.1, 0.15) is 23.2 Å². The molecule has 4 rings (SSSR count). The summed E-state index contributed by atoms with van der Waals surface area (Å²) in [4.78, 5) is 13.8. The zero-order chi connectivity index (χ0) is 22.2. The van der Waals surface area contributed by atoms with Crippen molar-refractivity contribution in [2.24, 2.45) is 5.92 Å². The standard InChI is InChI=1S/C29H32O2P/c1-31-29(30)28(24-16-8-3-2-4-9-17-24)32(25-18-10-5-11-19-25,26-20-12-6-13-21-26)27-22-14-7-15-23-27/h2-3,5-7,10-15,18-24,28H,4,8-9,16-17H2,1H3/q+1/b3-2-. The summed E-state index contributed by atoms with van der Waals surface area (Å²) in [5.74, 6) is 0.186. The van der Waals surface area contributed by atoms with Crippen molar-refractivity contribution in [2.75, 3.05) is 7.11 Å². The Labute approximate surface area is 192 Å². The summed E-state index contributed by atoms with van der Waals surface area (Å²) in [5, 5.41) is 3.72. The molecule has 0 bridgehead atoms. The lowest BCUT2D eigenvalue weighted by atomic mass is 9.91. The topological polar surface area (TPSA) is 26.3 Å². The van der Waals surface area contributed by atoms with E-state index in [9.17, 15) is 4.79 Å². The van der Waals surface area contributed by atoms with Crippen molar-refractivity contribution in [3.63, 3.8) is 0 Å². The third kappa shape index (κ3) is 4.43. The number of ether oxygens (including phenoxy) is 1. The fraction of sp³-hybridized carbons (Fsp3) is 0.276. The average molecular weight is 444 g/mol. The van der Waals surface area contributed by atoms with Gasteiger partial charge in [0.15, 0.2) is 5.66 Å². The van der Waals surface area contributed by atoms with Gasteiger partial charge in [-0.15, -0.1) is 0 Å². The summed E-state index contributed by atoms with van der Waals surface area (Å²) in [7, 11) is -0.787. The summed E-state index contributed by atoms with van der Waals surface area (Å²) < 4.78 is 5.58. The molecule has 0 aromatic heterocycles. The highest BCUT2D eigenvalue weighted by Crippen LogP contribution is 2.63. The van der Waals surface area contributed by atoms with Crippen LogP contribution in [0.5, 0.6) is 0 Å². The van der Waals surface area contributed by atoms with Gasteiger partial charge >= 0.3 is 5.97 Å². The Bertz CT molecular complexity index is 918. The maximum absolute atomic E-state index is 13.8. The molecule has 3 aromatic carbocycles. The van der Waals surface area contributed by atoms with E-state index in [-0.39, 0.29) is 17.5 Å². The number of hydrogen-bond donors (Lipinski definition) is 0. The lowest BCUT2D eigenvalue weighted by molar-refractivity contribution is -0.141. The number of rotatable bonds is 6. The fourth-order valence-electron chi connectivity index (χ4n) is 5.21. The Morgan fingerprint density at radius 2 is 1.22 bits per heavy atom.